The minimum atomic E-state index is -2.71. The van der Waals surface area contributed by atoms with Gasteiger partial charge in [-0.15, -0.1) is 0 Å². The van der Waals surface area contributed by atoms with Gasteiger partial charge in [-0.1, -0.05) is 30.2 Å². The minimum Gasteiger partial charge on any atom is -0.398 e. The predicted octanol–water partition coefficient (Wildman–Crippen LogP) is 3.19. The van der Waals surface area contributed by atoms with Gasteiger partial charge in [0.2, 0.25) is 5.88 Å². The number of hydrogen-bond acceptors (Lipinski definition) is 4. The Morgan fingerprint density at radius 1 is 1.24 bits per heavy atom. The standard InChI is InChI=1S/C19H16F2N2O2/c1-14-5-2-3-6-15(14)9-10-18(24)25-17-8-4-7-16(22-17)23-12-11-19(20,21)13-23/h2-8H,11-13H2,1H3. The summed E-state index contributed by atoms with van der Waals surface area (Å²) in [5.74, 6) is 2.09. The number of alkyl halides is 2. The third-order valence-corrected chi connectivity index (χ3v) is 3.84. The van der Waals surface area contributed by atoms with Crippen molar-refractivity contribution in [3.05, 3.63) is 53.6 Å². The molecule has 4 nitrogen and oxygen atoms in total. The van der Waals surface area contributed by atoms with Gasteiger partial charge in [0.15, 0.2) is 0 Å². The first-order valence-electron chi connectivity index (χ1n) is 7.82. The number of anilines is 1. The summed E-state index contributed by atoms with van der Waals surface area (Å²) in [4.78, 5) is 17.4. The second-order valence-electron chi connectivity index (χ2n) is 5.82. The van der Waals surface area contributed by atoms with Crippen LogP contribution in [0.15, 0.2) is 42.5 Å². The molecular weight excluding hydrogens is 326 g/mol. The molecule has 1 aromatic carbocycles. The molecular formula is C19H16F2N2O2. The van der Waals surface area contributed by atoms with E-state index < -0.39 is 11.9 Å². The highest BCUT2D eigenvalue weighted by Crippen LogP contribution is 2.30. The van der Waals surface area contributed by atoms with Crippen LogP contribution in [-0.4, -0.2) is 30.0 Å². The molecule has 1 aliphatic heterocycles. The number of hydrogen-bond donors (Lipinski definition) is 0. The normalized spacial score (nSPS) is 15.4. The van der Waals surface area contributed by atoms with Crippen molar-refractivity contribution in [1.29, 1.82) is 0 Å². The van der Waals surface area contributed by atoms with Crippen LogP contribution in [0.1, 0.15) is 17.5 Å². The summed E-state index contributed by atoms with van der Waals surface area (Å²) in [6.45, 7) is 1.72. The Bertz CT molecular complexity index is 856. The molecule has 1 fully saturated rings. The van der Waals surface area contributed by atoms with E-state index in [1.807, 2.05) is 31.2 Å². The van der Waals surface area contributed by atoms with Crippen LogP contribution in [0.3, 0.4) is 0 Å². The molecule has 2 aromatic rings. The topological polar surface area (TPSA) is 42.4 Å². The number of rotatable bonds is 2. The molecule has 1 aromatic heterocycles. The molecule has 0 amide bonds. The first-order chi connectivity index (χ1) is 11.9. The molecule has 1 aliphatic rings. The number of pyridine rings is 1. The van der Waals surface area contributed by atoms with Gasteiger partial charge in [-0.3, -0.25) is 0 Å². The van der Waals surface area contributed by atoms with Crippen molar-refractivity contribution < 1.29 is 18.3 Å². The zero-order chi connectivity index (χ0) is 17.9. The van der Waals surface area contributed by atoms with Gasteiger partial charge in [0, 0.05) is 30.5 Å². The van der Waals surface area contributed by atoms with E-state index in [9.17, 15) is 13.6 Å². The van der Waals surface area contributed by atoms with E-state index in [1.165, 1.54) is 11.0 Å². The number of benzene rings is 1. The number of esters is 1. The van der Waals surface area contributed by atoms with Crippen molar-refractivity contribution in [3.63, 3.8) is 0 Å². The van der Waals surface area contributed by atoms with Gasteiger partial charge in [-0.25, -0.2) is 13.6 Å². The highest BCUT2D eigenvalue weighted by Gasteiger charge is 2.38. The van der Waals surface area contributed by atoms with Gasteiger partial charge >= 0.3 is 5.97 Å². The average Bonchev–Trinajstić information content (AvgIpc) is 2.94. The monoisotopic (exact) mass is 342 g/mol. The van der Waals surface area contributed by atoms with Crippen LogP contribution in [0.25, 0.3) is 0 Å². The first kappa shape index (κ1) is 16.9. The summed E-state index contributed by atoms with van der Waals surface area (Å²) in [5, 5.41) is 0. The van der Waals surface area contributed by atoms with E-state index >= 15 is 0 Å². The second kappa shape index (κ2) is 6.89. The summed E-state index contributed by atoms with van der Waals surface area (Å²) in [6, 6.07) is 12.1. The summed E-state index contributed by atoms with van der Waals surface area (Å²) >= 11 is 0. The highest BCUT2D eigenvalue weighted by atomic mass is 19.3. The van der Waals surface area contributed by atoms with Crippen LogP contribution in [0.4, 0.5) is 14.6 Å². The molecule has 0 bridgehead atoms. The fourth-order valence-electron chi connectivity index (χ4n) is 2.52. The Hall–Kier alpha value is -2.94. The van der Waals surface area contributed by atoms with Crippen LogP contribution in [0, 0.1) is 18.8 Å². The number of carbonyl (C=O) groups excluding carboxylic acids is 1. The van der Waals surface area contributed by atoms with Crippen molar-refractivity contribution in [2.24, 2.45) is 0 Å². The molecule has 1 saturated heterocycles. The second-order valence-corrected chi connectivity index (χ2v) is 5.82. The summed E-state index contributed by atoms with van der Waals surface area (Å²) in [7, 11) is 0. The van der Waals surface area contributed by atoms with Crippen molar-refractivity contribution in [1.82, 2.24) is 4.98 Å². The molecule has 128 valence electrons. The largest absolute Gasteiger partial charge is 0.398 e. The van der Waals surface area contributed by atoms with Gasteiger partial charge in [-0.2, -0.15) is 4.98 Å². The van der Waals surface area contributed by atoms with E-state index in [0.29, 0.717) is 5.82 Å². The fraction of sp³-hybridized carbons (Fsp3) is 0.263. The van der Waals surface area contributed by atoms with Crippen LogP contribution < -0.4 is 9.64 Å². The highest BCUT2D eigenvalue weighted by molar-refractivity contribution is 5.90. The Kier molecular flexibility index (Phi) is 4.66. The molecule has 6 heteroatoms. The Labute approximate surface area is 144 Å². The molecule has 25 heavy (non-hydrogen) atoms. The van der Waals surface area contributed by atoms with Crippen LogP contribution in [0.2, 0.25) is 0 Å². The number of ether oxygens (including phenoxy) is 1. The lowest BCUT2D eigenvalue weighted by atomic mass is 10.1. The number of halogens is 2. The molecule has 0 saturated carbocycles. The zero-order valence-electron chi connectivity index (χ0n) is 13.6. The van der Waals surface area contributed by atoms with Gasteiger partial charge in [-0.05, 0) is 24.6 Å². The van der Waals surface area contributed by atoms with Crippen LogP contribution in [0.5, 0.6) is 5.88 Å². The molecule has 0 atom stereocenters. The molecule has 0 spiro atoms. The average molecular weight is 342 g/mol. The SMILES string of the molecule is Cc1ccccc1C#CC(=O)Oc1cccc(N2CCC(F)(F)C2)n1. The fourth-order valence-corrected chi connectivity index (χ4v) is 2.52. The van der Waals surface area contributed by atoms with Gasteiger partial charge in [0.1, 0.15) is 5.82 Å². The third kappa shape index (κ3) is 4.32. The van der Waals surface area contributed by atoms with Gasteiger partial charge in [0.05, 0.1) is 6.54 Å². The van der Waals surface area contributed by atoms with Crippen LogP contribution in [-0.2, 0) is 4.79 Å². The molecule has 0 radical (unpaired) electrons. The lowest BCUT2D eigenvalue weighted by Gasteiger charge is -2.17. The zero-order valence-corrected chi connectivity index (χ0v) is 13.6. The lowest BCUT2D eigenvalue weighted by Crippen LogP contribution is -2.25. The molecule has 0 N–H and O–H groups in total. The summed E-state index contributed by atoms with van der Waals surface area (Å²) < 4.78 is 31.7. The maximum atomic E-state index is 13.3. The van der Waals surface area contributed by atoms with Crippen molar-refractivity contribution in [3.8, 4) is 17.7 Å². The van der Waals surface area contributed by atoms with Crippen molar-refractivity contribution in [2.75, 3.05) is 18.0 Å². The lowest BCUT2D eigenvalue weighted by molar-refractivity contribution is -0.128. The number of aromatic nitrogens is 1. The Balaban J connectivity index is 1.69. The molecule has 2 heterocycles. The summed E-state index contributed by atoms with van der Waals surface area (Å²) in [6.07, 6.45) is -0.208. The van der Waals surface area contributed by atoms with E-state index in [2.05, 4.69) is 16.8 Å². The number of carbonyl (C=O) groups is 1. The Morgan fingerprint density at radius 3 is 2.76 bits per heavy atom. The van der Waals surface area contributed by atoms with Crippen molar-refractivity contribution in [2.45, 2.75) is 19.3 Å². The van der Waals surface area contributed by atoms with Gasteiger partial charge in [0.25, 0.3) is 5.92 Å². The van der Waals surface area contributed by atoms with E-state index in [4.69, 9.17) is 4.74 Å². The van der Waals surface area contributed by atoms with E-state index in [0.717, 1.165) is 11.1 Å². The Morgan fingerprint density at radius 2 is 2.04 bits per heavy atom. The maximum Gasteiger partial charge on any atom is 0.391 e. The first-order valence-corrected chi connectivity index (χ1v) is 7.82. The number of nitrogens with zero attached hydrogens (tertiary/aromatic N) is 2. The quantitative estimate of drug-likeness (QED) is 0.621. The number of aryl methyl sites for hydroxylation is 1. The third-order valence-electron chi connectivity index (χ3n) is 3.84. The maximum absolute atomic E-state index is 13.3. The van der Waals surface area contributed by atoms with E-state index in [-0.39, 0.29) is 25.4 Å². The van der Waals surface area contributed by atoms with Crippen LogP contribution >= 0.6 is 0 Å². The molecule has 3 rings (SSSR count). The smallest absolute Gasteiger partial charge is 0.391 e. The molecule has 0 unspecified atom stereocenters. The summed E-state index contributed by atoms with van der Waals surface area (Å²) in [5.41, 5.74) is 1.69. The van der Waals surface area contributed by atoms with E-state index in [1.54, 1.807) is 12.1 Å². The van der Waals surface area contributed by atoms with Crippen molar-refractivity contribution >= 4 is 11.8 Å². The predicted molar refractivity (Wildman–Crippen MR) is 89.7 cm³/mol. The van der Waals surface area contributed by atoms with Gasteiger partial charge < -0.3 is 9.64 Å². The molecule has 0 aliphatic carbocycles. The minimum absolute atomic E-state index is 0.0387.